The van der Waals surface area contributed by atoms with Crippen LogP contribution in [0.1, 0.15) is 5.56 Å². The number of halogens is 1. The lowest BCUT2D eigenvalue weighted by Crippen LogP contribution is -2.45. The van der Waals surface area contributed by atoms with E-state index in [0.29, 0.717) is 12.3 Å². The van der Waals surface area contributed by atoms with E-state index in [4.69, 9.17) is 4.74 Å². The molecule has 118 valence electrons. The lowest BCUT2D eigenvalue weighted by molar-refractivity contribution is -0.125. The van der Waals surface area contributed by atoms with Crippen LogP contribution in [0.2, 0.25) is 0 Å². The second-order valence-corrected chi connectivity index (χ2v) is 5.02. The number of ether oxygens (including phenoxy) is 1. The van der Waals surface area contributed by atoms with Gasteiger partial charge in [-0.25, -0.2) is 4.39 Å². The molecule has 0 aliphatic carbocycles. The van der Waals surface area contributed by atoms with E-state index in [1.165, 1.54) is 23.1 Å². The molecule has 1 aliphatic heterocycles. The van der Waals surface area contributed by atoms with Gasteiger partial charge in [0.1, 0.15) is 18.1 Å². The number of aromatic nitrogens is 1. The Morgan fingerprint density at radius 2 is 2.26 bits per heavy atom. The van der Waals surface area contributed by atoms with Crippen molar-refractivity contribution < 1.29 is 18.7 Å². The quantitative estimate of drug-likeness (QED) is 0.922. The molecule has 7 heteroatoms. The van der Waals surface area contributed by atoms with Gasteiger partial charge in [0.05, 0.1) is 5.69 Å². The summed E-state index contributed by atoms with van der Waals surface area (Å²) in [5, 5.41) is 2.70. The van der Waals surface area contributed by atoms with Gasteiger partial charge in [-0.1, -0.05) is 6.07 Å². The van der Waals surface area contributed by atoms with Crippen molar-refractivity contribution in [2.45, 2.75) is 6.54 Å². The van der Waals surface area contributed by atoms with E-state index >= 15 is 0 Å². The van der Waals surface area contributed by atoms with Crippen LogP contribution in [0.4, 0.5) is 10.1 Å². The van der Waals surface area contributed by atoms with Crippen molar-refractivity contribution in [2.75, 3.05) is 18.1 Å². The molecule has 0 radical (unpaired) electrons. The van der Waals surface area contributed by atoms with E-state index in [1.54, 1.807) is 18.5 Å². The van der Waals surface area contributed by atoms with Crippen LogP contribution in [0.15, 0.2) is 42.7 Å². The van der Waals surface area contributed by atoms with Gasteiger partial charge >= 0.3 is 0 Å². The van der Waals surface area contributed by atoms with Gasteiger partial charge in [0.25, 0.3) is 5.91 Å². The Morgan fingerprint density at radius 1 is 1.39 bits per heavy atom. The van der Waals surface area contributed by atoms with Crippen LogP contribution < -0.4 is 15.0 Å². The lowest BCUT2D eigenvalue weighted by atomic mass is 10.2. The highest BCUT2D eigenvalue weighted by molar-refractivity contribution is 6.02. The smallest absolute Gasteiger partial charge is 0.265 e. The maximum atomic E-state index is 13.4. The standard InChI is InChI=1S/C16H14FN3O3/c17-12-3-4-14-13(6-12)20(16(22)10-23-14)9-15(21)19-8-11-2-1-5-18-7-11/h1-7H,8-10H2,(H,19,21). The Hall–Kier alpha value is -2.96. The number of benzene rings is 1. The predicted octanol–water partition coefficient (Wildman–Crippen LogP) is 1.26. The Bertz CT molecular complexity index is 737. The normalized spacial score (nSPS) is 13.3. The van der Waals surface area contributed by atoms with Gasteiger partial charge in [-0.05, 0) is 23.8 Å². The molecule has 3 rings (SSSR count). The lowest BCUT2D eigenvalue weighted by Gasteiger charge is -2.28. The summed E-state index contributed by atoms with van der Waals surface area (Å²) in [6.07, 6.45) is 3.29. The summed E-state index contributed by atoms with van der Waals surface area (Å²) in [5.74, 6) is -0.854. The van der Waals surface area contributed by atoms with Crippen molar-refractivity contribution in [3.8, 4) is 5.75 Å². The minimum atomic E-state index is -0.497. The van der Waals surface area contributed by atoms with E-state index in [1.807, 2.05) is 6.07 Å². The summed E-state index contributed by atoms with van der Waals surface area (Å²) in [5.41, 5.74) is 1.11. The second-order valence-electron chi connectivity index (χ2n) is 5.02. The maximum absolute atomic E-state index is 13.4. The van der Waals surface area contributed by atoms with Gasteiger partial charge in [-0.15, -0.1) is 0 Å². The summed E-state index contributed by atoms with van der Waals surface area (Å²) in [6, 6.07) is 7.47. The third kappa shape index (κ3) is 3.45. The average molecular weight is 315 g/mol. The monoisotopic (exact) mass is 315 g/mol. The van der Waals surface area contributed by atoms with Crippen LogP contribution in [0.3, 0.4) is 0 Å². The van der Waals surface area contributed by atoms with Crippen LogP contribution in [-0.4, -0.2) is 29.9 Å². The van der Waals surface area contributed by atoms with E-state index in [0.717, 1.165) is 5.56 Å². The Morgan fingerprint density at radius 3 is 3.04 bits per heavy atom. The van der Waals surface area contributed by atoms with Crippen LogP contribution in [0, 0.1) is 5.82 Å². The number of hydrogen-bond donors (Lipinski definition) is 1. The fraction of sp³-hybridized carbons (Fsp3) is 0.188. The van der Waals surface area contributed by atoms with Crippen molar-refractivity contribution in [3.05, 3.63) is 54.1 Å². The van der Waals surface area contributed by atoms with Crippen LogP contribution in [0.25, 0.3) is 0 Å². The summed E-state index contributed by atoms with van der Waals surface area (Å²) < 4.78 is 18.6. The first-order valence-electron chi connectivity index (χ1n) is 7.02. The van der Waals surface area contributed by atoms with Gasteiger partial charge < -0.3 is 10.1 Å². The largest absolute Gasteiger partial charge is 0.482 e. The van der Waals surface area contributed by atoms with Gasteiger partial charge in [-0.3, -0.25) is 19.5 Å². The minimum absolute atomic E-state index is 0.172. The summed E-state index contributed by atoms with van der Waals surface area (Å²) in [6.45, 7) is -0.0609. The zero-order valence-corrected chi connectivity index (χ0v) is 12.2. The van der Waals surface area contributed by atoms with Crippen LogP contribution in [-0.2, 0) is 16.1 Å². The summed E-state index contributed by atoms with van der Waals surface area (Å²) in [4.78, 5) is 29.2. The van der Waals surface area contributed by atoms with Crippen molar-refractivity contribution in [1.82, 2.24) is 10.3 Å². The average Bonchev–Trinajstić information content (AvgIpc) is 2.57. The number of nitrogens with one attached hydrogen (secondary N) is 1. The molecule has 2 amide bonds. The first kappa shape index (κ1) is 15.0. The van der Waals surface area contributed by atoms with Crippen molar-refractivity contribution in [3.63, 3.8) is 0 Å². The fourth-order valence-electron chi connectivity index (χ4n) is 2.25. The second kappa shape index (κ2) is 6.43. The molecule has 0 saturated carbocycles. The molecule has 0 spiro atoms. The van der Waals surface area contributed by atoms with Crippen LogP contribution in [0.5, 0.6) is 5.75 Å². The Labute approximate surface area is 131 Å². The topological polar surface area (TPSA) is 71.5 Å². The Balaban J connectivity index is 1.68. The molecule has 6 nitrogen and oxygen atoms in total. The van der Waals surface area contributed by atoms with E-state index < -0.39 is 5.82 Å². The zero-order valence-electron chi connectivity index (χ0n) is 12.2. The number of carbonyl (C=O) groups is 2. The molecule has 1 N–H and O–H groups in total. The third-order valence-electron chi connectivity index (χ3n) is 3.38. The molecule has 1 aromatic heterocycles. The molecule has 2 aromatic rings. The van der Waals surface area contributed by atoms with Crippen molar-refractivity contribution in [1.29, 1.82) is 0 Å². The molecular weight excluding hydrogens is 301 g/mol. The molecular formula is C16H14FN3O3. The van der Waals surface area contributed by atoms with Gasteiger partial charge in [0, 0.05) is 25.0 Å². The number of amides is 2. The zero-order chi connectivity index (χ0) is 16.2. The first-order chi connectivity index (χ1) is 11.1. The number of pyridine rings is 1. The molecule has 0 fully saturated rings. The van der Waals surface area contributed by atoms with E-state index in [2.05, 4.69) is 10.3 Å². The van der Waals surface area contributed by atoms with Crippen LogP contribution >= 0.6 is 0 Å². The highest BCUT2D eigenvalue weighted by atomic mass is 19.1. The van der Waals surface area contributed by atoms with Gasteiger partial charge in [0.15, 0.2) is 6.61 Å². The summed E-state index contributed by atoms with van der Waals surface area (Å²) >= 11 is 0. The van der Waals surface area contributed by atoms with Crippen molar-refractivity contribution >= 4 is 17.5 Å². The predicted molar refractivity (Wildman–Crippen MR) is 80.3 cm³/mol. The van der Waals surface area contributed by atoms with E-state index in [9.17, 15) is 14.0 Å². The Kier molecular flexibility index (Phi) is 4.18. The molecule has 0 unspecified atom stereocenters. The maximum Gasteiger partial charge on any atom is 0.265 e. The molecule has 1 aliphatic rings. The number of carbonyl (C=O) groups excluding carboxylic acids is 2. The van der Waals surface area contributed by atoms with Crippen molar-refractivity contribution in [2.24, 2.45) is 0 Å². The SMILES string of the molecule is O=C(CN1C(=O)COc2ccc(F)cc21)NCc1cccnc1. The highest BCUT2D eigenvalue weighted by Gasteiger charge is 2.27. The number of nitrogens with zero attached hydrogens (tertiary/aromatic N) is 2. The number of fused-ring (bicyclic) bond motifs is 1. The molecule has 23 heavy (non-hydrogen) atoms. The first-order valence-corrected chi connectivity index (χ1v) is 7.02. The highest BCUT2D eigenvalue weighted by Crippen LogP contribution is 2.32. The third-order valence-corrected chi connectivity index (χ3v) is 3.38. The number of hydrogen-bond acceptors (Lipinski definition) is 4. The fourth-order valence-corrected chi connectivity index (χ4v) is 2.25. The molecule has 1 aromatic carbocycles. The summed E-state index contributed by atoms with van der Waals surface area (Å²) in [7, 11) is 0. The molecule has 0 saturated heterocycles. The molecule has 0 bridgehead atoms. The minimum Gasteiger partial charge on any atom is -0.482 e. The van der Waals surface area contributed by atoms with E-state index in [-0.39, 0.29) is 30.7 Å². The number of anilines is 1. The van der Waals surface area contributed by atoms with Gasteiger partial charge in [-0.2, -0.15) is 0 Å². The number of rotatable bonds is 4. The molecule has 0 atom stereocenters. The van der Waals surface area contributed by atoms with Gasteiger partial charge in [0.2, 0.25) is 5.91 Å². The molecule has 2 heterocycles.